The summed E-state index contributed by atoms with van der Waals surface area (Å²) in [6, 6.07) is 11.7. The van der Waals surface area contributed by atoms with Gasteiger partial charge in [0.1, 0.15) is 11.9 Å². The van der Waals surface area contributed by atoms with Gasteiger partial charge >= 0.3 is 12.1 Å². The van der Waals surface area contributed by atoms with Crippen LogP contribution in [0.15, 0.2) is 59.4 Å². The number of carbonyl (C=O) groups excluding carboxylic acids is 4. The first-order chi connectivity index (χ1) is 26.8. The molecule has 7 rings (SSSR count). The Balaban J connectivity index is 1.00. The minimum Gasteiger partial charge on any atom is -0.469 e. The van der Waals surface area contributed by atoms with Crippen molar-refractivity contribution in [1.82, 2.24) is 25.1 Å². The highest BCUT2D eigenvalue weighted by Crippen LogP contribution is 2.49. The number of aromatic amines is 1. The topological polar surface area (TPSA) is 146 Å². The van der Waals surface area contributed by atoms with Crippen LogP contribution in [0, 0.1) is 41.4 Å². The summed E-state index contributed by atoms with van der Waals surface area (Å²) in [7, 11) is 2.66. The number of nitrogens with zero attached hydrogens (tertiary/aromatic N) is 4. The monoisotopic (exact) mass is 760 g/mol. The number of carbonyl (C=O) groups is 4. The van der Waals surface area contributed by atoms with E-state index in [0.717, 1.165) is 64.0 Å². The van der Waals surface area contributed by atoms with Gasteiger partial charge in [-0.15, -0.1) is 0 Å². The fourth-order valence-electron chi connectivity index (χ4n) is 8.59. The van der Waals surface area contributed by atoms with Crippen molar-refractivity contribution in [1.29, 1.82) is 0 Å². The molecule has 0 bridgehead atoms. The lowest BCUT2D eigenvalue weighted by Crippen LogP contribution is -2.54. The van der Waals surface area contributed by atoms with Crippen molar-refractivity contribution in [3.8, 4) is 23.1 Å². The number of hydrogen-bond acceptors (Lipinski definition) is 8. The number of aromatic nitrogens is 2. The number of nitrogens with one attached hydrogen (secondary N) is 2. The molecule has 3 aliphatic heterocycles. The van der Waals surface area contributed by atoms with Gasteiger partial charge in [-0.05, 0) is 71.9 Å². The Labute approximate surface area is 328 Å². The molecule has 3 aromatic rings. The predicted molar refractivity (Wildman–Crippen MR) is 213 cm³/mol. The summed E-state index contributed by atoms with van der Waals surface area (Å²) in [5, 5.41) is 4.86. The predicted octanol–water partition coefficient (Wildman–Crippen LogP) is 6.42. The van der Waals surface area contributed by atoms with Crippen LogP contribution >= 0.6 is 0 Å². The minimum atomic E-state index is -0.660. The summed E-state index contributed by atoms with van der Waals surface area (Å²) in [4.78, 5) is 68.5. The van der Waals surface area contributed by atoms with Gasteiger partial charge in [-0.2, -0.15) is 0 Å². The van der Waals surface area contributed by atoms with Gasteiger partial charge in [-0.3, -0.25) is 19.4 Å². The number of alkyl carbamates (subject to hydrolysis) is 1. The van der Waals surface area contributed by atoms with Crippen LogP contribution in [-0.2, 0) is 23.9 Å². The zero-order valence-electron chi connectivity index (χ0n) is 33.3. The zero-order chi connectivity index (χ0) is 39.8. The molecule has 3 amide bonds. The van der Waals surface area contributed by atoms with E-state index in [1.165, 1.54) is 14.2 Å². The Bertz CT molecular complexity index is 2160. The van der Waals surface area contributed by atoms with Crippen molar-refractivity contribution in [2.45, 2.75) is 90.9 Å². The maximum Gasteiger partial charge on any atom is 0.407 e. The fourth-order valence-corrected chi connectivity index (χ4v) is 8.59. The zero-order valence-corrected chi connectivity index (χ0v) is 33.3. The normalized spacial score (nSPS) is 23.6. The second-order valence-corrected chi connectivity index (χ2v) is 16.6. The second kappa shape index (κ2) is 16.0. The molecule has 1 saturated carbocycles. The molecule has 0 unspecified atom stereocenters. The van der Waals surface area contributed by atoms with Gasteiger partial charge < -0.3 is 29.6 Å². The molecule has 2 N–H and O–H groups in total. The van der Waals surface area contributed by atoms with E-state index in [0.29, 0.717) is 24.8 Å². The van der Waals surface area contributed by atoms with Crippen LogP contribution in [0.25, 0.3) is 22.0 Å². The number of allylic oxidation sites excluding steroid dienone is 1. The average molecular weight is 761 g/mol. The maximum absolute atomic E-state index is 13.8. The smallest absolute Gasteiger partial charge is 0.407 e. The summed E-state index contributed by atoms with van der Waals surface area (Å²) in [6.45, 7) is 10.5. The molecule has 2 aromatic carbocycles. The van der Waals surface area contributed by atoms with E-state index in [9.17, 15) is 19.2 Å². The van der Waals surface area contributed by atoms with Crippen LogP contribution in [0.3, 0.4) is 0 Å². The van der Waals surface area contributed by atoms with E-state index in [4.69, 9.17) is 19.5 Å². The van der Waals surface area contributed by atoms with Crippen molar-refractivity contribution in [3.63, 3.8) is 0 Å². The molecular formula is C44H52N6O6. The first kappa shape index (κ1) is 38.8. The van der Waals surface area contributed by atoms with Crippen molar-refractivity contribution in [2.24, 2.45) is 34.6 Å². The Hall–Kier alpha value is -5.44. The first-order valence-corrected chi connectivity index (χ1v) is 19.8. The molecule has 4 aliphatic rings. The van der Waals surface area contributed by atoms with Crippen LogP contribution < -0.4 is 5.32 Å². The number of benzene rings is 2. The molecule has 2 saturated heterocycles. The van der Waals surface area contributed by atoms with E-state index >= 15 is 0 Å². The third kappa shape index (κ3) is 7.95. The average Bonchev–Trinajstić information content (AvgIpc) is 3.66. The number of piperidine rings is 1. The Morgan fingerprint density at radius 2 is 1.70 bits per heavy atom. The number of aliphatic imine (C=N–C) groups is 1. The Morgan fingerprint density at radius 3 is 2.43 bits per heavy atom. The third-order valence-electron chi connectivity index (χ3n) is 11.9. The lowest BCUT2D eigenvalue weighted by Gasteiger charge is -2.33. The number of methoxy groups -OCH3 is 2. The molecule has 1 aliphatic carbocycles. The third-order valence-corrected chi connectivity index (χ3v) is 11.9. The summed E-state index contributed by atoms with van der Waals surface area (Å²) < 4.78 is 9.68. The van der Waals surface area contributed by atoms with E-state index in [1.807, 2.05) is 56.0 Å². The van der Waals surface area contributed by atoms with E-state index in [1.54, 1.807) is 0 Å². The Kier molecular flexibility index (Phi) is 11.1. The van der Waals surface area contributed by atoms with E-state index in [2.05, 4.69) is 59.4 Å². The highest BCUT2D eigenvalue weighted by molar-refractivity contribution is 5.99. The number of hydrogen-bond donors (Lipinski definition) is 2. The molecule has 56 heavy (non-hydrogen) atoms. The number of fused-ring (bicyclic) bond motifs is 2. The molecule has 294 valence electrons. The molecule has 7 atom stereocenters. The standard InChI is InChI=1S/C44H52N6O6/c1-24(2)33(20-39(51)55-6)42(52)49-23-26(5)14-38(49)41-46-22-35(47-41)31-13-12-29-15-27(10-11-30(29)17-31)8-9-28-16-34(45-21-28)37-19-32-18-36(32)50(37)43(53)40(25(3)4)48-44(54)56-7/h10-13,15,17,21-22,24-26,32-33,36-38,40H,14,16,18-20,23H2,1-7H3,(H,46,47)(H,48,54)/t26-,32+,33-,36+,37-,38-,40-/m0/s1. The molecule has 0 radical (unpaired) electrons. The minimum absolute atomic E-state index is 0.00374. The summed E-state index contributed by atoms with van der Waals surface area (Å²) in [5.41, 5.74) is 4.61. The van der Waals surface area contributed by atoms with Gasteiger partial charge in [0.2, 0.25) is 11.8 Å². The molecule has 12 nitrogen and oxygen atoms in total. The number of rotatable bonds is 10. The molecular weight excluding hydrogens is 709 g/mol. The van der Waals surface area contributed by atoms with Crippen LogP contribution in [0.4, 0.5) is 4.79 Å². The highest BCUT2D eigenvalue weighted by Gasteiger charge is 2.56. The van der Waals surface area contributed by atoms with Crippen LogP contribution in [0.5, 0.6) is 0 Å². The van der Waals surface area contributed by atoms with Crippen molar-refractivity contribution >= 4 is 40.4 Å². The number of amides is 3. The Morgan fingerprint density at radius 1 is 0.929 bits per heavy atom. The van der Waals surface area contributed by atoms with Gasteiger partial charge in [0.25, 0.3) is 0 Å². The maximum atomic E-state index is 13.8. The van der Waals surface area contributed by atoms with Crippen LogP contribution in [-0.4, -0.2) is 88.2 Å². The van der Waals surface area contributed by atoms with E-state index < -0.39 is 18.1 Å². The van der Waals surface area contributed by atoms with Gasteiger partial charge in [0.15, 0.2) is 0 Å². The summed E-state index contributed by atoms with van der Waals surface area (Å²) >= 11 is 0. The van der Waals surface area contributed by atoms with Gasteiger partial charge in [-0.1, -0.05) is 64.7 Å². The van der Waals surface area contributed by atoms with Crippen molar-refractivity contribution in [2.75, 3.05) is 20.8 Å². The molecule has 0 spiro atoms. The molecule has 1 aromatic heterocycles. The SMILES string of the molecule is COC(=O)C[C@H](C(=O)N1C[C@@H](C)C[C@H]1c1ncc(-c2ccc3cc(C#CC4=CN=C([C@@H]5C[C@H]6C[C@H]6N5C(=O)[C@@H](NC(=O)OC)C(C)C)C4)ccc3c2)[nH]1)C(C)C. The van der Waals surface area contributed by atoms with Gasteiger partial charge in [0.05, 0.1) is 50.5 Å². The number of esters is 1. The van der Waals surface area contributed by atoms with Crippen molar-refractivity contribution < 1.29 is 28.7 Å². The van der Waals surface area contributed by atoms with Crippen LogP contribution in [0.1, 0.15) is 84.2 Å². The number of imidazole rings is 1. The largest absolute Gasteiger partial charge is 0.469 e. The number of ether oxygens (including phenoxy) is 2. The molecule has 3 fully saturated rings. The number of likely N-dealkylation sites (tertiary alicyclic amines) is 2. The molecule has 12 heteroatoms. The van der Waals surface area contributed by atoms with Gasteiger partial charge in [0, 0.05) is 47.6 Å². The van der Waals surface area contributed by atoms with Crippen LogP contribution in [0.2, 0.25) is 0 Å². The fraction of sp³-hybridized carbons (Fsp3) is 0.500. The lowest BCUT2D eigenvalue weighted by atomic mass is 9.91. The van der Waals surface area contributed by atoms with Gasteiger partial charge in [-0.25, -0.2) is 9.78 Å². The number of H-pyrrole nitrogens is 1. The van der Waals surface area contributed by atoms with Crippen molar-refractivity contribution in [3.05, 3.63) is 65.8 Å². The lowest BCUT2D eigenvalue weighted by molar-refractivity contribution is -0.148. The second-order valence-electron chi connectivity index (χ2n) is 16.6. The highest BCUT2D eigenvalue weighted by atomic mass is 16.5. The summed E-state index contributed by atoms with van der Waals surface area (Å²) in [5.74, 6) is 7.14. The first-order valence-electron chi connectivity index (χ1n) is 19.8. The summed E-state index contributed by atoms with van der Waals surface area (Å²) in [6.07, 6.45) is 6.37. The quantitative estimate of drug-likeness (QED) is 0.179. The van der Waals surface area contributed by atoms with E-state index in [-0.39, 0.29) is 54.2 Å². The molecule has 4 heterocycles.